The third kappa shape index (κ3) is 0.578. The summed E-state index contributed by atoms with van der Waals surface area (Å²) in [6.45, 7) is 0.433. The normalized spacial score (nSPS) is 16.7. The SMILES string of the molecule is C1=COc2c3oc(c2OC1)OO3. The van der Waals surface area contributed by atoms with E-state index in [0.29, 0.717) is 18.1 Å². The first-order valence-electron chi connectivity index (χ1n) is 3.41. The molecule has 0 aromatic carbocycles. The highest BCUT2D eigenvalue weighted by molar-refractivity contribution is 5.55. The number of ether oxygens (including phenoxy) is 2. The molecule has 0 radical (unpaired) electrons. The molecule has 0 spiro atoms. The van der Waals surface area contributed by atoms with Gasteiger partial charge in [0.05, 0.1) is 6.26 Å². The molecule has 0 aliphatic carbocycles. The third-order valence-electron chi connectivity index (χ3n) is 1.56. The zero-order valence-corrected chi connectivity index (χ0v) is 5.90. The largest absolute Gasteiger partial charge is 0.479 e. The molecule has 2 aliphatic rings. The van der Waals surface area contributed by atoms with E-state index in [1.807, 2.05) is 0 Å². The highest BCUT2D eigenvalue weighted by Gasteiger charge is 2.34. The maximum absolute atomic E-state index is 5.24. The van der Waals surface area contributed by atoms with Crippen molar-refractivity contribution in [2.24, 2.45) is 0 Å². The topological polar surface area (TPSA) is 50.1 Å². The van der Waals surface area contributed by atoms with Gasteiger partial charge in [-0.25, -0.2) is 9.78 Å². The highest BCUT2D eigenvalue weighted by Crippen LogP contribution is 2.52. The lowest BCUT2D eigenvalue weighted by molar-refractivity contribution is -0.0932. The Bertz CT molecular complexity index is 351. The van der Waals surface area contributed by atoms with Gasteiger partial charge in [-0.3, -0.25) is 0 Å². The summed E-state index contributed by atoms with van der Waals surface area (Å²) in [4.78, 5) is 9.28. The number of fused-ring (bicyclic) bond motifs is 5. The number of hydrogen-bond acceptors (Lipinski definition) is 5. The first kappa shape index (κ1) is 5.82. The van der Waals surface area contributed by atoms with Crippen molar-refractivity contribution in [3.63, 3.8) is 0 Å². The number of furan rings is 1. The number of hydrogen-bond donors (Lipinski definition) is 0. The molecule has 0 amide bonds. The fourth-order valence-corrected chi connectivity index (χ4v) is 1.06. The molecule has 12 heavy (non-hydrogen) atoms. The second-order valence-electron chi connectivity index (χ2n) is 2.30. The summed E-state index contributed by atoms with van der Waals surface area (Å²) in [5, 5.41) is 0. The average Bonchev–Trinajstić information content (AvgIpc) is 2.58. The average molecular weight is 168 g/mol. The minimum Gasteiger partial charge on any atom is -0.479 e. The quantitative estimate of drug-likeness (QED) is 0.545. The van der Waals surface area contributed by atoms with Gasteiger partial charge in [0.1, 0.15) is 6.61 Å². The molecule has 2 aliphatic heterocycles. The Morgan fingerprint density at radius 2 is 1.92 bits per heavy atom. The van der Waals surface area contributed by atoms with Crippen molar-refractivity contribution >= 4 is 0 Å². The molecule has 1 aromatic rings. The van der Waals surface area contributed by atoms with Gasteiger partial charge in [0.25, 0.3) is 11.5 Å². The predicted octanol–water partition coefficient (Wildman–Crippen LogP) is 1.25. The van der Waals surface area contributed by atoms with E-state index < -0.39 is 0 Å². The van der Waals surface area contributed by atoms with Crippen molar-refractivity contribution in [1.29, 1.82) is 0 Å². The lowest BCUT2D eigenvalue weighted by atomic mass is 10.5. The van der Waals surface area contributed by atoms with Crippen LogP contribution in [0.1, 0.15) is 0 Å². The van der Waals surface area contributed by atoms with Crippen molar-refractivity contribution < 1.29 is 23.7 Å². The summed E-state index contributed by atoms with van der Waals surface area (Å²) in [6, 6.07) is 0. The van der Waals surface area contributed by atoms with E-state index in [4.69, 9.17) is 13.9 Å². The van der Waals surface area contributed by atoms with Gasteiger partial charge < -0.3 is 13.9 Å². The van der Waals surface area contributed by atoms with Crippen molar-refractivity contribution in [3.8, 4) is 23.4 Å². The monoisotopic (exact) mass is 168 g/mol. The molecule has 5 nitrogen and oxygen atoms in total. The Hall–Kier alpha value is -1.78. The van der Waals surface area contributed by atoms with E-state index in [1.165, 1.54) is 6.26 Å². The summed E-state index contributed by atoms with van der Waals surface area (Å²) >= 11 is 0. The zero-order chi connectivity index (χ0) is 7.97. The summed E-state index contributed by atoms with van der Waals surface area (Å²) in [6.07, 6.45) is 3.25. The fraction of sp³-hybridized carbons (Fsp3) is 0.143. The standard InChI is InChI=1S/C7H4O5/c1-2-8-4-5(9-3-1)7-10-6(4)11-12-7/h1-2H,3H2. The van der Waals surface area contributed by atoms with Crippen molar-refractivity contribution in [3.05, 3.63) is 12.3 Å². The lowest BCUT2D eigenvalue weighted by Gasteiger charge is -2.04. The minimum atomic E-state index is 0.201. The predicted molar refractivity (Wildman–Crippen MR) is 35.2 cm³/mol. The van der Waals surface area contributed by atoms with Crippen LogP contribution in [0.25, 0.3) is 0 Å². The molecule has 3 heterocycles. The fourth-order valence-electron chi connectivity index (χ4n) is 1.06. The van der Waals surface area contributed by atoms with Gasteiger partial charge in [-0.1, -0.05) is 0 Å². The van der Waals surface area contributed by atoms with Gasteiger partial charge in [-0.15, -0.1) is 0 Å². The molecule has 3 rings (SSSR count). The van der Waals surface area contributed by atoms with Crippen LogP contribution in [0.5, 0.6) is 23.4 Å². The molecule has 2 bridgehead atoms. The minimum absolute atomic E-state index is 0.201. The Morgan fingerprint density at radius 1 is 1.08 bits per heavy atom. The second-order valence-corrected chi connectivity index (χ2v) is 2.30. The summed E-state index contributed by atoms with van der Waals surface area (Å²) < 4.78 is 15.4. The second kappa shape index (κ2) is 1.88. The molecule has 0 unspecified atom stereocenters. The van der Waals surface area contributed by atoms with Crippen LogP contribution < -0.4 is 19.2 Å². The zero-order valence-electron chi connectivity index (χ0n) is 5.90. The molecular weight excluding hydrogens is 164 g/mol. The molecule has 0 saturated carbocycles. The molecule has 0 atom stereocenters. The maximum atomic E-state index is 5.24. The Kier molecular flexibility index (Phi) is 0.910. The maximum Gasteiger partial charge on any atom is 0.386 e. The smallest absolute Gasteiger partial charge is 0.386 e. The van der Waals surface area contributed by atoms with Gasteiger partial charge in [-0.05, 0) is 6.08 Å². The molecule has 5 heteroatoms. The lowest BCUT2D eigenvalue weighted by Crippen LogP contribution is -2.01. The van der Waals surface area contributed by atoms with Gasteiger partial charge >= 0.3 is 11.9 Å². The van der Waals surface area contributed by atoms with Crippen LogP contribution in [0.3, 0.4) is 0 Å². The van der Waals surface area contributed by atoms with Gasteiger partial charge in [0, 0.05) is 0 Å². The van der Waals surface area contributed by atoms with Gasteiger partial charge in [0.15, 0.2) is 0 Å². The van der Waals surface area contributed by atoms with Crippen LogP contribution in [0, 0.1) is 0 Å². The highest BCUT2D eigenvalue weighted by atomic mass is 17.3. The molecule has 62 valence electrons. The van der Waals surface area contributed by atoms with Crippen LogP contribution in [-0.2, 0) is 0 Å². The van der Waals surface area contributed by atoms with E-state index in [9.17, 15) is 0 Å². The van der Waals surface area contributed by atoms with E-state index in [-0.39, 0.29) is 11.9 Å². The van der Waals surface area contributed by atoms with Crippen molar-refractivity contribution in [1.82, 2.24) is 0 Å². The Labute approximate surface area is 67.0 Å². The first-order valence-corrected chi connectivity index (χ1v) is 3.41. The van der Waals surface area contributed by atoms with E-state index >= 15 is 0 Å². The van der Waals surface area contributed by atoms with Gasteiger partial charge in [-0.2, -0.15) is 0 Å². The molecule has 1 aromatic heterocycles. The van der Waals surface area contributed by atoms with Crippen LogP contribution in [0.15, 0.2) is 16.8 Å². The third-order valence-corrected chi connectivity index (χ3v) is 1.56. The molecule has 0 fully saturated rings. The van der Waals surface area contributed by atoms with Crippen LogP contribution in [0.2, 0.25) is 0 Å². The molecule has 0 N–H and O–H groups in total. The van der Waals surface area contributed by atoms with E-state index in [2.05, 4.69) is 9.78 Å². The van der Waals surface area contributed by atoms with Crippen molar-refractivity contribution in [2.45, 2.75) is 0 Å². The molecular formula is C7H4O5. The van der Waals surface area contributed by atoms with E-state index in [0.717, 1.165) is 0 Å². The molecule has 0 saturated heterocycles. The van der Waals surface area contributed by atoms with Crippen LogP contribution in [-0.4, -0.2) is 6.61 Å². The van der Waals surface area contributed by atoms with Gasteiger partial charge in [0.2, 0.25) is 0 Å². The van der Waals surface area contributed by atoms with Crippen LogP contribution >= 0.6 is 0 Å². The Balaban J connectivity index is 2.17. The summed E-state index contributed by atoms with van der Waals surface area (Å²) in [7, 11) is 0. The summed E-state index contributed by atoms with van der Waals surface area (Å²) in [5.74, 6) is 1.31. The van der Waals surface area contributed by atoms with E-state index in [1.54, 1.807) is 6.08 Å². The van der Waals surface area contributed by atoms with Crippen molar-refractivity contribution in [2.75, 3.05) is 6.61 Å². The summed E-state index contributed by atoms with van der Waals surface area (Å²) in [5.41, 5.74) is 0. The van der Waals surface area contributed by atoms with Crippen LogP contribution in [0.4, 0.5) is 0 Å². The Morgan fingerprint density at radius 3 is 2.83 bits per heavy atom. The first-order chi connectivity index (χ1) is 5.95. The number of rotatable bonds is 0.